The van der Waals surface area contributed by atoms with Gasteiger partial charge >= 0.3 is 0 Å². The van der Waals surface area contributed by atoms with Gasteiger partial charge in [-0.2, -0.15) is 0 Å². The van der Waals surface area contributed by atoms with Gasteiger partial charge in [-0.25, -0.2) is 0 Å². The molecule has 10 aromatic heterocycles. The summed E-state index contributed by atoms with van der Waals surface area (Å²) in [5.41, 5.74) is 7.07. The van der Waals surface area contributed by atoms with E-state index in [1.165, 1.54) is 68.5 Å². The Morgan fingerprint density at radius 1 is 0.275 bits per heavy atom. The lowest BCUT2D eigenvalue weighted by atomic mass is 10.0. The number of hydrogen-bond acceptors (Lipinski definition) is 28. The van der Waals surface area contributed by atoms with Crippen LogP contribution in [-0.4, -0.2) is 105 Å². The lowest BCUT2D eigenvalue weighted by Crippen LogP contribution is -2.05. The van der Waals surface area contributed by atoms with Gasteiger partial charge in [0.05, 0.1) is 68.3 Å². The number of ether oxygens (including phenoxy) is 1. The summed E-state index contributed by atoms with van der Waals surface area (Å²) in [6.07, 6.45) is 22.0. The number of methoxy groups -OCH3 is 1. The highest BCUT2D eigenvalue weighted by Crippen LogP contribution is 2.25. The number of hydrogen-bond donors (Lipinski definition) is 1. The molecule has 0 atom stereocenters. The Hall–Kier alpha value is -17.3. The second-order valence-corrected chi connectivity index (χ2v) is 31.5. The number of ketones is 16. The number of aryl methyl sites for hydroxylation is 5. The first-order valence-corrected chi connectivity index (χ1v) is 44.9. The number of phenolic OH excluding ortho intramolecular Hbond substituents is 1. The number of carbonyl (C=O) groups is 16. The fraction of sp³-hybridized carbons (Fsp3) is 0.211. The average molecular weight is 1930 g/mol. The van der Waals surface area contributed by atoms with E-state index in [1.807, 2.05) is 87.5 Å². The van der Waals surface area contributed by atoms with Crippen LogP contribution < -0.4 is 4.74 Å². The van der Waals surface area contributed by atoms with Crippen LogP contribution >= 0.6 is 0 Å². The summed E-state index contributed by atoms with van der Waals surface area (Å²) in [7, 11) is 1.59. The normalized spacial score (nSPS) is 10.6. The summed E-state index contributed by atoms with van der Waals surface area (Å²) >= 11 is 0. The summed E-state index contributed by atoms with van der Waals surface area (Å²) < 4.78 is 55.1. The van der Waals surface area contributed by atoms with Gasteiger partial charge in [0.1, 0.15) is 29.3 Å². The molecule has 732 valence electrons. The molecule has 28 nitrogen and oxygen atoms in total. The van der Waals surface area contributed by atoms with E-state index in [4.69, 9.17) is 48.9 Å². The third-order valence-electron chi connectivity index (χ3n) is 20.9. The summed E-state index contributed by atoms with van der Waals surface area (Å²) in [6, 6.07) is 66.3. The number of benzene rings is 5. The SMILES string of the molecule is C.COc1ccc(C(=O)CCC(=O)c2ccco2)cc1C.Cc1ccc(C(=O)CCC(=O)c2ccc(C)o2)o1.Cc1ccc(C(=O)CCC(=O)c2ccco2)cc1.Cc1cccc(C(=O)CCC(=O)c2ccco2)c1.O=C(CCC(=O)c1ccccc1O)c1ccco1.O=C(CCC(=O)c1ccco1)c1ccccc1.O=C(CCC(=O)c1ccco1)c1ccco1.O=C(CCC(=O)c1ccoc1)C1=CCC=C1. The zero-order valence-corrected chi connectivity index (χ0v) is 78.4. The van der Waals surface area contributed by atoms with E-state index in [1.54, 1.807) is 197 Å². The summed E-state index contributed by atoms with van der Waals surface area (Å²) in [6.45, 7) is 9.32. The minimum atomic E-state index is -0.256. The van der Waals surface area contributed by atoms with Gasteiger partial charge in [0.15, 0.2) is 144 Å². The predicted molar refractivity (Wildman–Crippen MR) is 524 cm³/mol. The molecular formula is C114H108O28. The number of phenols is 1. The van der Waals surface area contributed by atoms with Crippen molar-refractivity contribution in [1.82, 2.24) is 0 Å². The summed E-state index contributed by atoms with van der Waals surface area (Å²) in [5, 5.41) is 9.51. The van der Waals surface area contributed by atoms with E-state index in [0.717, 1.165) is 34.4 Å². The van der Waals surface area contributed by atoms with Crippen LogP contribution in [0.15, 0.2) is 361 Å². The van der Waals surface area contributed by atoms with Gasteiger partial charge < -0.3 is 54.0 Å². The van der Waals surface area contributed by atoms with E-state index in [9.17, 15) is 81.8 Å². The van der Waals surface area contributed by atoms with Crippen LogP contribution in [0.1, 0.15) is 302 Å². The maximum Gasteiger partial charge on any atom is 0.198 e. The highest BCUT2D eigenvalue weighted by molar-refractivity contribution is 6.07. The molecule has 1 aliphatic rings. The number of allylic oxidation sites excluding steroid dienone is 4. The Morgan fingerprint density at radius 2 is 0.599 bits per heavy atom. The van der Waals surface area contributed by atoms with Crippen LogP contribution in [0.2, 0.25) is 0 Å². The van der Waals surface area contributed by atoms with Crippen molar-refractivity contribution >= 4 is 92.5 Å². The first-order valence-electron chi connectivity index (χ1n) is 44.9. The molecule has 0 spiro atoms. The monoisotopic (exact) mass is 1920 g/mol. The minimum absolute atomic E-state index is 0. The first kappa shape index (κ1) is 110. The van der Waals surface area contributed by atoms with Gasteiger partial charge in [-0.3, -0.25) is 76.7 Å². The third kappa shape index (κ3) is 37.0. The molecule has 0 saturated heterocycles. The largest absolute Gasteiger partial charge is 0.507 e. The zero-order chi connectivity index (χ0) is 101. The number of carbonyl (C=O) groups excluding carboxylic acids is 16. The Morgan fingerprint density at radius 3 is 0.923 bits per heavy atom. The maximum absolute atomic E-state index is 12.0. The summed E-state index contributed by atoms with van der Waals surface area (Å²) in [5.74, 6) is 2.84. The van der Waals surface area contributed by atoms with Crippen LogP contribution in [-0.2, 0) is 4.79 Å². The number of para-hydroxylation sites is 1. The molecule has 1 N–H and O–H groups in total. The smallest absolute Gasteiger partial charge is 0.198 e. The molecule has 0 bridgehead atoms. The minimum Gasteiger partial charge on any atom is -0.507 e. The van der Waals surface area contributed by atoms with E-state index < -0.39 is 0 Å². The van der Waals surface area contributed by atoms with Gasteiger partial charge in [0.25, 0.3) is 0 Å². The maximum atomic E-state index is 12.0. The molecule has 0 saturated carbocycles. The summed E-state index contributed by atoms with van der Waals surface area (Å²) in [4.78, 5) is 187. The van der Waals surface area contributed by atoms with Crippen molar-refractivity contribution < 1.29 is 131 Å². The highest BCUT2D eigenvalue weighted by Gasteiger charge is 2.23. The average Bonchev–Trinajstić information content (AvgIpc) is 1.28. The van der Waals surface area contributed by atoms with Crippen molar-refractivity contribution in [2.24, 2.45) is 0 Å². The number of furan rings is 10. The van der Waals surface area contributed by atoms with Crippen LogP contribution in [0.4, 0.5) is 0 Å². The molecule has 28 heteroatoms. The third-order valence-corrected chi connectivity index (χ3v) is 20.9. The van der Waals surface area contributed by atoms with Crippen molar-refractivity contribution in [3.8, 4) is 11.5 Å². The molecule has 1 aliphatic carbocycles. The van der Waals surface area contributed by atoms with Gasteiger partial charge in [-0.1, -0.05) is 122 Å². The first-order chi connectivity index (χ1) is 68.0. The molecule has 0 amide bonds. The van der Waals surface area contributed by atoms with Gasteiger partial charge in [-0.05, 0) is 198 Å². The molecule has 0 fully saturated rings. The quantitative estimate of drug-likeness (QED) is 0.0348. The molecule has 5 aromatic carbocycles. The standard InChI is InChI=1S/C16H16O4.2C15H14O3.C14H14O4.C14H12O4.C14H12O3.C13H12O3.C12H10O4.CH4/c1-11-10-12(5-8-15(11)19-2)13(17)6-7-14(18)16-4-3-9-20-16;1-11-4-2-5-12(10-11)13(16)7-8-14(17)15-6-3-9-18-15;1-11-4-6-12(7-5-11)13(16)8-9-14(17)15-3-2-10-18-15;1-9-3-7-13(17-9)11(15)5-6-12(16)14-8-4-10(2)18-14;15-11-5-2-1-4-10(11)12(16)7-8-13(17)14-6-3-9-18-14;15-12(11-5-2-1-3-6-11)8-9-13(16)14-7-4-10-17-14;14-12(10-3-1-2-4-10)5-6-13(15)11-7-8-16-9-11;13-9(11-3-1-7-15-11)5-6-10(14)12-4-2-8-16-12;/h3-5,8-10H,6-7H2,1-2H3;2-6,9-10H,7-8H2,1H3;2-7,10H,8-9H2,1H3;3-4,7-8H,5-6H2,1-2H3;1-6,9,15H,7-8H2;1-7,10H,8-9H2;1,3-4,7-9H,2,5-6H2;1-4,7-8H,5-6H2;1H4. The molecule has 0 unspecified atom stereocenters. The van der Waals surface area contributed by atoms with Gasteiger partial charge in [-0.15, -0.1) is 0 Å². The molecule has 16 rings (SSSR count). The number of Topliss-reactive ketones (excluding diaryl/α,β-unsaturated/α-hetero) is 16. The van der Waals surface area contributed by atoms with Gasteiger partial charge in [0.2, 0.25) is 0 Å². The van der Waals surface area contributed by atoms with Crippen LogP contribution in [0.5, 0.6) is 11.5 Å². The molecular weight excluding hydrogens is 1820 g/mol. The van der Waals surface area contributed by atoms with E-state index >= 15 is 0 Å². The fourth-order valence-electron chi connectivity index (χ4n) is 13.2. The highest BCUT2D eigenvalue weighted by atomic mass is 16.5. The van der Waals surface area contributed by atoms with Gasteiger partial charge in [0, 0.05) is 131 Å². The molecule has 0 radical (unpaired) electrons. The predicted octanol–water partition coefficient (Wildman–Crippen LogP) is 25.7. The lowest BCUT2D eigenvalue weighted by molar-refractivity contribution is -0.115. The topological polar surface area (TPSA) is 434 Å². The van der Waals surface area contributed by atoms with E-state index in [-0.39, 0.29) is 231 Å². The second kappa shape index (κ2) is 58.3. The van der Waals surface area contributed by atoms with Crippen molar-refractivity contribution in [1.29, 1.82) is 0 Å². The Balaban J connectivity index is 0.000000198. The van der Waals surface area contributed by atoms with Crippen molar-refractivity contribution in [3.05, 3.63) is 430 Å². The van der Waals surface area contributed by atoms with Crippen LogP contribution in [0, 0.1) is 34.6 Å². The van der Waals surface area contributed by atoms with Crippen LogP contribution in [0.3, 0.4) is 0 Å². The van der Waals surface area contributed by atoms with Crippen molar-refractivity contribution in [3.63, 3.8) is 0 Å². The lowest BCUT2D eigenvalue weighted by Gasteiger charge is -2.06. The number of aromatic hydroxyl groups is 1. The Labute approximate surface area is 818 Å². The molecule has 15 aromatic rings. The molecule has 0 aliphatic heterocycles. The van der Waals surface area contributed by atoms with Crippen LogP contribution in [0.25, 0.3) is 0 Å². The van der Waals surface area contributed by atoms with E-state index in [0.29, 0.717) is 73.9 Å². The zero-order valence-electron chi connectivity index (χ0n) is 78.4. The van der Waals surface area contributed by atoms with Crippen molar-refractivity contribution in [2.75, 3.05) is 7.11 Å². The molecule has 10 heterocycles. The Kier molecular flexibility index (Phi) is 45.2. The van der Waals surface area contributed by atoms with E-state index in [2.05, 4.69) is 0 Å². The molecule has 142 heavy (non-hydrogen) atoms. The number of rotatable bonds is 41. The van der Waals surface area contributed by atoms with Crippen molar-refractivity contribution in [2.45, 2.75) is 151 Å². The fourth-order valence-corrected chi connectivity index (χ4v) is 13.2. The second-order valence-electron chi connectivity index (χ2n) is 31.5. The Bertz CT molecular complexity index is 6560.